The highest BCUT2D eigenvalue weighted by atomic mass is 15.2. The van der Waals surface area contributed by atoms with Crippen LogP contribution >= 0.6 is 0 Å². The van der Waals surface area contributed by atoms with Crippen molar-refractivity contribution in [3.8, 4) is 0 Å². The molecule has 0 radical (unpaired) electrons. The van der Waals surface area contributed by atoms with Gasteiger partial charge in [-0.25, -0.2) is 9.97 Å². The predicted octanol–water partition coefficient (Wildman–Crippen LogP) is 3.83. The first kappa shape index (κ1) is 17.8. The second kappa shape index (κ2) is 8.91. The first-order valence-corrected chi connectivity index (χ1v) is 9.92. The van der Waals surface area contributed by atoms with E-state index in [0.717, 1.165) is 18.4 Å². The van der Waals surface area contributed by atoms with Gasteiger partial charge in [0.05, 0.1) is 0 Å². The van der Waals surface area contributed by atoms with Crippen molar-refractivity contribution in [3.63, 3.8) is 0 Å². The molecule has 1 aromatic rings. The largest absolute Gasteiger partial charge is 0.309 e. The van der Waals surface area contributed by atoms with Gasteiger partial charge in [0.2, 0.25) is 0 Å². The summed E-state index contributed by atoms with van der Waals surface area (Å²) in [6, 6.07) is 0.721. The van der Waals surface area contributed by atoms with Crippen molar-refractivity contribution in [2.75, 3.05) is 27.2 Å². The molecule has 2 heterocycles. The summed E-state index contributed by atoms with van der Waals surface area (Å²) in [7, 11) is 4.34. The Kier molecular flexibility index (Phi) is 6.61. The monoisotopic (exact) mass is 330 g/mol. The summed E-state index contributed by atoms with van der Waals surface area (Å²) in [5, 5.41) is 0. The van der Waals surface area contributed by atoms with Gasteiger partial charge in [-0.3, -0.25) is 4.90 Å². The van der Waals surface area contributed by atoms with Gasteiger partial charge >= 0.3 is 0 Å². The molecule has 0 bridgehead atoms. The van der Waals surface area contributed by atoms with Crippen molar-refractivity contribution in [1.29, 1.82) is 0 Å². The number of nitrogens with zero attached hydrogens (tertiary/aromatic N) is 4. The van der Waals surface area contributed by atoms with Crippen molar-refractivity contribution in [3.05, 3.63) is 23.8 Å². The second-order valence-corrected chi connectivity index (χ2v) is 8.00. The highest BCUT2D eigenvalue weighted by Crippen LogP contribution is 2.30. The molecule has 1 saturated carbocycles. The van der Waals surface area contributed by atoms with Crippen LogP contribution in [0.1, 0.15) is 75.1 Å². The molecule has 2 fully saturated rings. The average Bonchev–Trinajstić information content (AvgIpc) is 2.62. The van der Waals surface area contributed by atoms with Crippen LogP contribution in [0.25, 0.3) is 0 Å². The SMILES string of the molecule is CN(C)CCC1CCCCN1Cc1cnc(C2CCCCC2)nc1. The van der Waals surface area contributed by atoms with Crippen LogP contribution in [0.5, 0.6) is 0 Å². The van der Waals surface area contributed by atoms with Crippen LogP contribution < -0.4 is 0 Å². The van der Waals surface area contributed by atoms with Gasteiger partial charge in [0.25, 0.3) is 0 Å². The number of aromatic nitrogens is 2. The Hall–Kier alpha value is -1.00. The Morgan fingerprint density at radius 3 is 2.42 bits per heavy atom. The standard InChI is InChI=1S/C20H34N4/c1-23(2)13-11-19-10-6-7-12-24(19)16-17-14-21-20(22-15-17)18-8-4-3-5-9-18/h14-15,18-19H,3-13,16H2,1-2H3. The quantitative estimate of drug-likeness (QED) is 0.793. The predicted molar refractivity (Wildman–Crippen MR) is 99.1 cm³/mol. The van der Waals surface area contributed by atoms with Crippen molar-refractivity contribution in [2.45, 2.75) is 76.3 Å². The van der Waals surface area contributed by atoms with Crippen LogP contribution in [0.15, 0.2) is 12.4 Å². The van der Waals surface area contributed by atoms with E-state index in [4.69, 9.17) is 9.97 Å². The van der Waals surface area contributed by atoms with E-state index in [1.165, 1.54) is 76.4 Å². The van der Waals surface area contributed by atoms with Gasteiger partial charge < -0.3 is 4.90 Å². The molecule has 1 aromatic heterocycles. The van der Waals surface area contributed by atoms with Gasteiger partial charge in [0, 0.05) is 36.5 Å². The van der Waals surface area contributed by atoms with Crippen LogP contribution in [-0.4, -0.2) is 53.0 Å². The summed E-state index contributed by atoms with van der Waals surface area (Å²) in [6.45, 7) is 3.42. The molecule has 134 valence electrons. The molecule has 3 rings (SSSR count). The Morgan fingerprint density at radius 2 is 1.71 bits per heavy atom. The fraction of sp³-hybridized carbons (Fsp3) is 0.800. The molecular formula is C20H34N4. The van der Waals surface area contributed by atoms with Crippen LogP contribution in [0.3, 0.4) is 0 Å². The minimum Gasteiger partial charge on any atom is -0.309 e. The fourth-order valence-corrected chi connectivity index (χ4v) is 4.25. The van der Waals surface area contributed by atoms with Crippen LogP contribution in [0.4, 0.5) is 0 Å². The normalized spacial score (nSPS) is 23.7. The van der Waals surface area contributed by atoms with Crippen LogP contribution in [0.2, 0.25) is 0 Å². The number of hydrogen-bond acceptors (Lipinski definition) is 4. The topological polar surface area (TPSA) is 32.3 Å². The maximum Gasteiger partial charge on any atom is 0.131 e. The summed E-state index contributed by atoms with van der Waals surface area (Å²) >= 11 is 0. The van der Waals surface area contributed by atoms with Gasteiger partial charge in [0.1, 0.15) is 5.82 Å². The van der Waals surface area contributed by atoms with Gasteiger partial charge in [-0.1, -0.05) is 25.7 Å². The highest BCUT2D eigenvalue weighted by Gasteiger charge is 2.23. The number of hydrogen-bond donors (Lipinski definition) is 0. The number of rotatable bonds is 6. The first-order chi connectivity index (χ1) is 11.7. The molecule has 24 heavy (non-hydrogen) atoms. The van der Waals surface area contributed by atoms with Crippen molar-refractivity contribution < 1.29 is 0 Å². The molecule has 2 aliphatic rings. The first-order valence-electron chi connectivity index (χ1n) is 9.92. The average molecular weight is 331 g/mol. The molecule has 1 atom stereocenters. The Labute approximate surface area is 147 Å². The van der Waals surface area contributed by atoms with Crippen LogP contribution in [-0.2, 0) is 6.54 Å². The van der Waals surface area contributed by atoms with E-state index in [1.807, 2.05) is 0 Å². The molecule has 1 saturated heterocycles. The maximum absolute atomic E-state index is 4.72. The lowest BCUT2D eigenvalue weighted by molar-refractivity contribution is 0.124. The number of piperidine rings is 1. The third-order valence-corrected chi connectivity index (χ3v) is 5.74. The Bertz CT molecular complexity index is 479. The summed E-state index contributed by atoms with van der Waals surface area (Å²) in [4.78, 5) is 14.4. The zero-order valence-corrected chi connectivity index (χ0v) is 15.6. The van der Waals surface area contributed by atoms with Crippen molar-refractivity contribution >= 4 is 0 Å². The zero-order valence-electron chi connectivity index (χ0n) is 15.6. The molecule has 0 N–H and O–H groups in total. The molecule has 4 nitrogen and oxygen atoms in total. The minimum atomic E-state index is 0.607. The summed E-state index contributed by atoms with van der Waals surface area (Å²) < 4.78 is 0. The van der Waals surface area contributed by atoms with Gasteiger partial charge in [0.15, 0.2) is 0 Å². The van der Waals surface area contributed by atoms with E-state index in [-0.39, 0.29) is 0 Å². The summed E-state index contributed by atoms with van der Waals surface area (Å²) in [5.74, 6) is 1.69. The lowest BCUT2D eigenvalue weighted by Crippen LogP contribution is -2.40. The van der Waals surface area contributed by atoms with E-state index >= 15 is 0 Å². The van der Waals surface area contributed by atoms with Crippen molar-refractivity contribution in [1.82, 2.24) is 19.8 Å². The Balaban J connectivity index is 1.57. The number of likely N-dealkylation sites (tertiary alicyclic amines) is 1. The van der Waals surface area contributed by atoms with Gasteiger partial charge in [-0.15, -0.1) is 0 Å². The Morgan fingerprint density at radius 1 is 1.00 bits per heavy atom. The molecule has 0 spiro atoms. The van der Waals surface area contributed by atoms with Gasteiger partial charge in [-0.2, -0.15) is 0 Å². The van der Waals surface area contributed by atoms with Crippen LogP contribution in [0, 0.1) is 0 Å². The summed E-state index contributed by atoms with van der Waals surface area (Å²) in [5.41, 5.74) is 1.28. The molecular weight excluding hydrogens is 296 g/mol. The molecule has 4 heteroatoms. The fourth-order valence-electron chi connectivity index (χ4n) is 4.25. The molecule has 1 aliphatic heterocycles. The lowest BCUT2D eigenvalue weighted by Gasteiger charge is -2.36. The smallest absolute Gasteiger partial charge is 0.131 e. The second-order valence-electron chi connectivity index (χ2n) is 8.00. The minimum absolute atomic E-state index is 0.607. The van der Waals surface area contributed by atoms with E-state index in [9.17, 15) is 0 Å². The third-order valence-electron chi connectivity index (χ3n) is 5.74. The van der Waals surface area contributed by atoms with E-state index in [1.54, 1.807) is 0 Å². The molecule has 1 unspecified atom stereocenters. The van der Waals surface area contributed by atoms with E-state index < -0.39 is 0 Å². The molecule has 1 aliphatic carbocycles. The molecule has 0 amide bonds. The zero-order chi connectivity index (χ0) is 16.8. The van der Waals surface area contributed by atoms with Crippen molar-refractivity contribution in [2.24, 2.45) is 0 Å². The van der Waals surface area contributed by atoms with E-state index in [2.05, 4.69) is 36.3 Å². The van der Waals surface area contributed by atoms with Gasteiger partial charge in [-0.05, 0) is 59.3 Å². The molecule has 0 aromatic carbocycles. The summed E-state index contributed by atoms with van der Waals surface area (Å²) in [6.07, 6.45) is 16.1. The highest BCUT2D eigenvalue weighted by molar-refractivity contribution is 5.08. The van der Waals surface area contributed by atoms with E-state index in [0.29, 0.717) is 5.92 Å². The third kappa shape index (κ3) is 5.00. The lowest BCUT2D eigenvalue weighted by atomic mass is 9.89. The maximum atomic E-state index is 4.72.